The molecule has 0 radical (unpaired) electrons. The number of carbonyl (C=O) groups excluding carboxylic acids is 1. The molecule has 0 unspecified atom stereocenters. The minimum Gasteiger partial charge on any atom is -0.496 e. The Balaban J connectivity index is 2.54. The van der Waals surface area contributed by atoms with E-state index in [1.165, 1.54) is 12.8 Å². The van der Waals surface area contributed by atoms with Gasteiger partial charge in [0, 0.05) is 24.7 Å². The highest BCUT2D eigenvalue weighted by molar-refractivity contribution is 5.74. The summed E-state index contributed by atoms with van der Waals surface area (Å²) >= 11 is 0. The molecular weight excluding hydrogens is 296 g/mol. The van der Waals surface area contributed by atoms with Crippen LogP contribution in [0.4, 0.5) is 4.79 Å². The molecule has 0 bridgehead atoms. The molecule has 0 saturated carbocycles. The number of methoxy groups -OCH3 is 3. The number of hydrogen-bond donors (Lipinski definition) is 2. The number of benzene rings is 1. The third-order valence-electron chi connectivity index (χ3n) is 3.54. The first-order valence-electron chi connectivity index (χ1n) is 7.96. The van der Waals surface area contributed by atoms with Gasteiger partial charge in [-0.05, 0) is 12.5 Å². The van der Waals surface area contributed by atoms with Gasteiger partial charge in [-0.25, -0.2) is 4.79 Å². The molecular formula is C17H28N2O4. The minimum absolute atomic E-state index is 0.182. The van der Waals surface area contributed by atoms with Crippen LogP contribution in [0.2, 0.25) is 0 Å². The van der Waals surface area contributed by atoms with Crippen LogP contribution in [0.5, 0.6) is 17.2 Å². The summed E-state index contributed by atoms with van der Waals surface area (Å²) in [5.74, 6) is 1.84. The Bertz CT molecular complexity index is 492. The lowest BCUT2D eigenvalue weighted by Gasteiger charge is -2.15. The van der Waals surface area contributed by atoms with E-state index in [9.17, 15) is 4.79 Å². The Morgan fingerprint density at radius 2 is 1.57 bits per heavy atom. The summed E-state index contributed by atoms with van der Waals surface area (Å²) in [4.78, 5) is 11.8. The lowest BCUT2D eigenvalue weighted by Crippen LogP contribution is -2.35. The fraction of sp³-hybridized carbons (Fsp3) is 0.588. The lowest BCUT2D eigenvalue weighted by atomic mass is 10.1. The summed E-state index contributed by atoms with van der Waals surface area (Å²) < 4.78 is 15.9. The quantitative estimate of drug-likeness (QED) is 0.649. The molecule has 1 aromatic carbocycles. The molecule has 2 amide bonds. The van der Waals surface area contributed by atoms with Crippen LogP contribution in [0.25, 0.3) is 0 Å². The summed E-state index contributed by atoms with van der Waals surface area (Å²) in [7, 11) is 4.73. The van der Waals surface area contributed by atoms with Crippen LogP contribution in [-0.4, -0.2) is 33.9 Å². The smallest absolute Gasteiger partial charge is 0.315 e. The van der Waals surface area contributed by atoms with E-state index in [2.05, 4.69) is 17.6 Å². The molecule has 0 spiro atoms. The maximum Gasteiger partial charge on any atom is 0.315 e. The van der Waals surface area contributed by atoms with E-state index in [0.717, 1.165) is 18.4 Å². The van der Waals surface area contributed by atoms with E-state index in [-0.39, 0.29) is 6.03 Å². The van der Waals surface area contributed by atoms with Gasteiger partial charge in [0.2, 0.25) is 0 Å². The van der Waals surface area contributed by atoms with Crippen molar-refractivity contribution in [3.8, 4) is 17.2 Å². The van der Waals surface area contributed by atoms with Gasteiger partial charge in [0.25, 0.3) is 0 Å². The fourth-order valence-corrected chi connectivity index (χ4v) is 2.22. The van der Waals surface area contributed by atoms with E-state index in [4.69, 9.17) is 14.2 Å². The number of urea groups is 1. The van der Waals surface area contributed by atoms with E-state index in [0.29, 0.717) is 30.3 Å². The molecule has 1 rings (SSSR count). The van der Waals surface area contributed by atoms with Crippen LogP contribution in [0.1, 0.15) is 38.2 Å². The monoisotopic (exact) mass is 324 g/mol. The van der Waals surface area contributed by atoms with Gasteiger partial charge < -0.3 is 24.8 Å². The third kappa shape index (κ3) is 6.26. The molecule has 23 heavy (non-hydrogen) atoms. The zero-order valence-electron chi connectivity index (χ0n) is 14.5. The van der Waals surface area contributed by atoms with Crippen molar-refractivity contribution in [1.82, 2.24) is 10.6 Å². The zero-order valence-corrected chi connectivity index (χ0v) is 14.5. The number of unbranched alkanes of at least 4 members (excludes halogenated alkanes) is 3. The number of hydrogen-bond acceptors (Lipinski definition) is 4. The third-order valence-corrected chi connectivity index (χ3v) is 3.54. The molecule has 0 heterocycles. The summed E-state index contributed by atoms with van der Waals surface area (Å²) in [5, 5.41) is 5.68. The maximum absolute atomic E-state index is 11.8. The van der Waals surface area contributed by atoms with Crippen molar-refractivity contribution in [3.63, 3.8) is 0 Å². The van der Waals surface area contributed by atoms with Crippen LogP contribution in [0.3, 0.4) is 0 Å². The average Bonchev–Trinajstić information content (AvgIpc) is 2.58. The van der Waals surface area contributed by atoms with Crippen LogP contribution in [0.15, 0.2) is 12.1 Å². The molecule has 0 atom stereocenters. The van der Waals surface area contributed by atoms with Gasteiger partial charge in [-0.3, -0.25) is 0 Å². The Labute approximate surface area is 138 Å². The first kappa shape index (κ1) is 18.9. The van der Waals surface area contributed by atoms with Crippen molar-refractivity contribution in [2.45, 2.75) is 39.2 Å². The molecule has 0 aliphatic carbocycles. The van der Waals surface area contributed by atoms with Gasteiger partial charge in [0.05, 0.1) is 21.3 Å². The van der Waals surface area contributed by atoms with Crippen LogP contribution in [-0.2, 0) is 6.54 Å². The average molecular weight is 324 g/mol. The molecule has 1 aromatic rings. The highest BCUT2D eigenvalue weighted by atomic mass is 16.5. The largest absolute Gasteiger partial charge is 0.496 e. The second-order valence-corrected chi connectivity index (χ2v) is 5.19. The van der Waals surface area contributed by atoms with Crippen molar-refractivity contribution in [3.05, 3.63) is 17.7 Å². The predicted octanol–water partition coefficient (Wildman–Crippen LogP) is 3.09. The topological polar surface area (TPSA) is 68.8 Å². The summed E-state index contributed by atoms with van der Waals surface area (Å²) in [6, 6.07) is 3.37. The number of amides is 2. The number of ether oxygens (including phenoxy) is 3. The standard InChI is InChI=1S/C17H28N2O4/c1-5-6-7-8-9-18-17(20)19-12-13-10-15(22-3)16(23-4)11-14(13)21-2/h10-11H,5-9,12H2,1-4H3,(H2,18,19,20). The van der Waals surface area contributed by atoms with Crippen molar-refractivity contribution in [2.24, 2.45) is 0 Å². The van der Waals surface area contributed by atoms with E-state index >= 15 is 0 Å². The normalized spacial score (nSPS) is 10.1. The highest BCUT2D eigenvalue weighted by Crippen LogP contribution is 2.34. The first-order valence-corrected chi connectivity index (χ1v) is 7.96. The molecule has 2 N–H and O–H groups in total. The Morgan fingerprint density at radius 1 is 0.913 bits per heavy atom. The molecule has 6 nitrogen and oxygen atoms in total. The van der Waals surface area contributed by atoms with Crippen LogP contribution in [0, 0.1) is 0 Å². The van der Waals surface area contributed by atoms with Crippen molar-refractivity contribution >= 4 is 6.03 Å². The van der Waals surface area contributed by atoms with Crippen LogP contribution >= 0.6 is 0 Å². The van der Waals surface area contributed by atoms with Gasteiger partial charge in [-0.15, -0.1) is 0 Å². The second kappa shape index (κ2) is 10.6. The number of rotatable bonds is 10. The molecule has 0 aliphatic rings. The minimum atomic E-state index is -0.182. The maximum atomic E-state index is 11.8. The zero-order chi connectivity index (χ0) is 17.1. The molecule has 0 aliphatic heterocycles. The summed E-state index contributed by atoms with van der Waals surface area (Å²) in [5.41, 5.74) is 0.825. The molecule has 0 saturated heterocycles. The van der Waals surface area contributed by atoms with Gasteiger partial charge in [0.15, 0.2) is 11.5 Å². The van der Waals surface area contributed by atoms with Crippen molar-refractivity contribution in [2.75, 3.05) is 27.9 Å². The van der Waals surface area contributed by atoms with Gasteiger partial charge in [-0.1, -0.05) is 26.2 Å². The molecule has 130 valence electrons. The Kier molecular flexibility index (Phi) is 8.72. The van der Waals surface area contributed by atoms with Gasteiger partial charge in [0.1, 0.15) is 5.75 Å². The van der Waals surface area contributed by atoms with Crippen molar-refractivity contribution in [1.29, 1.82) is 0 Å². The van der Waals surface area contributed by atoms with Gasteiger partial charge >= 0.3 is 6.03 Å². The molecule has 0 aromatic heterocycles. The highest BCUT2D eigenvalue weighted by Gasteiger charge is 2.12. The number of nitrogens with one attached hydrogen (secondary N) is 2. The summed E-state index contributed by atoms with van der Waals surface area (Å²) in [6.07, 6.45) is 4.53. The fourth-order valence-electron chi connectivity index (χ4n) is 2.22. The van der Waals surface area contributed by atoms with E-state index < -0.39 is 0 Å². The summed E-state index contributed by atoms with van der Waals surface area (Å²) in [6.45, 7) is 3.20. The van der Waals surface area contributed by atoms with E-state index in [1.54, 1.807) is 33.5 Å². The Hall–Kier alpha value is -2.11. The van der Waals surface area contributed by atoms with E-state index in [1.807, 2.05) is 0 Å². The lowest BCUT2D eigenvalue weighted by molar-refractivity contribution is 0.240. The SMILES string of the molecule is CCCCCCNC(=O)NCc1cc(OC)c(OC)cc1OC. The molecule has 6 heteroatoms. The first-order chi connectivity index (χ1) is 11.2. The molecule has 0 fully saturated rings. The van der Waals surface area contributed by atoms with Crippen molar-refractivity contribution < 1.29 is 19.0 Å². The Morgan fingerprint density at radius 3 is 2.17 bits per heavy atom. The number of carbonyl (C=O) groups is 1. The predicted molar refractivity (Wildman–Crippen MR) is 90.5 cm³/mol. The van der Waals surface area contributed by atoms with Gasteiger partial charge in [-0.2, -0.15) is 0 Å². The second-order valence-electron chi connectivity index (χ2n) is 5.19. The van der Waals surface area contributed by atoms with Crippen LogP contribution < -0.4 is 24.8 Å².